The Kier molecular flexibility index (Phi) is 3.83. The van der Waals surface area contributed by atoms with Crippen LogP contribution in [0.2, 0.25) is 0 Å². The molecule has 3 aromatic rings. The van der Waals surface area contributed by atoms with Crippen LogP contribution in [0.3, 0.4) is 0 Å². The minimum atomic E-state index is 0.486. The Labute approximate surface area is 140 Å². The van der Waals surface area contributed by atoms with E-state index in [-0.39, 0.29) is 0 Å². The van der Waals surface area contributed by atoms with Crippen LogP contribution in [0.5, 0.6) is 0 Å². The van der Waals surface area contributed by atoms with Gasteiger partial charge in [-0.1, -0.05) is 6.07 Å². The molecule has 1 unspecified atom stereocenters. The molecule has 1 aliphatic heterocycles. The Morgan fingerprint density at radius 1 is 1.21 bits per heavy atom. The molecule has 0 amide bonds. The van der Waals surface area contributed by atoms with Gasteiger partial charge < -0.3 is 4.90 Å². The minimum Gasteiger partial charge on any atom is -0.355 e. The molecule has 0 radical (unpaired) electrons. The van der Waals surface area contributed by atoms with Crippen molar-refractivity contribution < 1.29 is 0 Å². The largest absolute Gasteiger partial charge is 0.355 e. The molecule has 0 spiro atoms. The molecule has 0 saturated carbocycles. The van der Waals surface area contributed by atoms with Crippen molar-refractivity contribution >= 4 is 11.5 Å². The third kappa shape index (κ3) is 2.69. The summed E-state index contributed by atoms with van der Waals surface area (Å²) in [5.74, 6) is 2.29. The summed E-state index contributed by atoms with van der Waals surface area (Å²) in [6.45, 7) is 1.84. The van der Waals surface area contributed by atoms with Crippen molar-refractivity contribution in [1.29, 1.82) is 5.26 Å². The van der Waals surface area contributed by atoms with Crippen molar-refractivity contribution in [3.05, 3.63) is 54.1 Å². The zero-order chi connectivity index (χ0) is 16.4. The average molecular weight is 318 g/mol. The second-order valence-corrected chi connectivity index (χ2v) is 6.19. The average Bonchev–Trinajstić information content (AvgIpc) is 3.05. The molecule has 1 aliphatic rings. The highest BCUT2D eigenvalue weighted by Gasteiger charge is 2.24. The summed E-state index contributed by atoms with van der Waals surface area (Å²) in [6.07, 6.45) is 6.91. The lowest BCUT2D eigenvalue weighted by molar-refractivity contribution is 0.403. The summed E-state index contributed by atoms with van der Waals surface area (Å²) in [6, 6.07) is 11.8. The lowest BCUT2D eigenvalue weighted by atomic mass is 9.94. The summed E-state index contributed by atoms with van der Waals surface area (Å²) in [4.78, 5) is 6.66. The van der Waals surface area contributed by atoms with Crippen LogP contribution in [0.1, 0.15) is 24.2 Å². The fourth-order valence-corrected chi connectivity index (χ4v) is 3.45. The maximum absolute atomic E-state index is 9.30. The maximum Gasteiger partial charge on any atom is 0.160 e. The molecule has 4 rings (SSSR count). The van der Waals surface area contributed by atoms with Gasteiger partial charge in [-0.05, 0) is 43.0 Å². The van der Waals surface area contributed by atoms with Crippen LogP contribution < -0.4 is 4.90 Å². The van der Waals surface area contributed by atoms with Crippen molar-refractivity contribution in [2.75, 3.05) is 18.0 Å². The smallest absolute Gasteiger partial charge is 0.160 e. The van der Waals surface area contributed by atoms with E-state index in [0.717, 1.165) is 49.6 Å². The number of rotatable bonds is 3. The van der Waals surface area contributed by atoms with Gasteiger partial charge in [0, 0.05) is 31.9 Å². The van der Waals surface area contributed by atoms with Gasteiger partial charge >= 0.3 is 0 Å². The number of piperidine rings is 1. The van der Waals surface area contributed by atoms with Crippen LogP contribution in [0, 0.1) is 17.2 Å². The summed E-state index contributed by atoms with van der Waals surface area (Å²) >= 11 is 0. The quantitative estimate of drug-likeness (QED) is 0.742. The summed E-state index contributed by atoms with van der Waals surface area (Å²) in [5, 5.41) is 17.9. The standard InChI is InChI=1S/C18H18N6/c19-12-15-6-3-8-20-18(15)23-9-4-5-14(13-23)11-17-22-21-16-7-1-2-10-24(16)17/h1-3,6-8,10,14H,4-5,9,11,13H2. The van der Waals surface area contributed by atoms with Gasteiger partial charge in [0.25, 0.3) is 0 Å². The highest BCUT2D eigenvalue weighted by Crippen LogP contribution is 2.26. The lowest BCUT2D eigenvalue weighted by Gasteiger charge is -2.33. The summed E-state index contributed by atoms with van der Waals surface area (Å²) in [5.41, 5.74) is 1.53. The van der Waals surface area contributed by atoms with Crippen LogP contribution in [0.25, 0.3) is 5.65 Å². The van der Waals surface area contributed by atoms with E-state index < -0.39 is 0 Å². The van der Waals surface area contributed by atoms with E-state index in [2.05, 4.69) is 30.6 Å². The molecular weight excluding hydrogens is 300 g/mol. The Morgan fingerprint density at radius 2 is 2.17 bits per heavy atom. The van der Waals surface area contributed by atoms with Crippen molar-refractivity contribution in [2.24, 2.45) is 5.92 Å². The molecule has 3 aromatic heterocycles. The normalized spacial score (nSPS) is 17.8. The van der Waals surface area contributed by atoms with Crippen LogP contribution in [0.15, 0.2) is 42.7 Å². The Hall–Kier alpha value is -2.94. The van der Waals surface area contributed by atoms with E-state index in [9.17, 15) is 5.26 Å². The SMILES string of the molecule is N#Cc1cccnc1N1CCCC(Cc2nnc3ccccn23)C1. The van der Waals surface area contributed by atoms with Crippen molar-refractivity contribution in [3.63, 3.8) is 0 Å². The topological polar surface area (TPSA) is 70.1 Å². The molecule has 24 heavy (non-hydrogen) atoms. The lowest BCUT2D eigenvalue weighted by Crippen LogP contribution is -2.37. The number of anilines is 1. The van der Waals surface area contributed by atoms with Gasteiger partial charge in [-0.3, -0.25) is 4.40 Å². The molecule has 0 aromatic carbocycles. The number of aromatic nitrogens is 4. The van der Waals surface area contributed by atoms with E-state index in [1.54, 1.807) is 6.20 Å². The first kappa shape index (κ1) is 14.6. The van der Waals surface area contributed by atoms with Crippen LogP contribution in [0.4, 0.5) is 5.82 Å². The fraction of sp³-hybridized carbons (Fsp3) is 0.333. The molecule has 4 heterocycles. The monoisotopic (exact) mass is 318 g/mol. The molecule has 1 atom stereocenters. The van der Waals surface area contributed by atoms with Crippen molar-refractivity contribution in [2.45, 2.75) is 19.3 Å². The van der Waals surface area contributed by atoms with E-state index in [1.165, 1.54) is 0 Å². The van der Waals surface area contributed by atoms with Crippen LogP contribution in [-0.2, 0) is 6.42 Å². The zero-order valence-electron chi connectivity index (χ0n) is 13.3. The molecule has 0 N–H and O–H groups in total. The minimum absolute atomic E-state index is 0.486. The van der Waals surface area contributed by atoms with Gasteiger partial charge in [0.2, 0.25) is 0 Å². The number of fused-ring (bicyclic) bond motifs is 1. The fourth-order valence-electron chi connectivity index (χ4n) is 3.45. The van der Waals surface area contributed by atoms with Gasteiger partial charge in [-0.2, -0.15) is 5.26 Å². The van der Waals surface area contributed by atoms with E-state index in [1.807, 2.05) is 36.5 Å². The third-order valence-corrected chi connectivity index (χ3v) is 4.58. The highest BCUT2D eigenvalue weighted by molar-refractivity contribution is 5.53. The second kappa shape index (κ2) is 6.28. The van der Waals surface area contributed by atoms with Gasteiger partial charge in [-0.25, -0.2) is 4.98 Å². The van der Waals surface area contributed by atoms with E-state index in [4.69, 9.17) is 0 Å². The molecular formula is C18H18N6. The second-order valence-electron chi connectivity index (χ2n) is 6.19. The van der Waals surface area contributed by atoms with Gasteiger partial charge in [0.05, 0.1) is 5.56 Å². The predicted molar refractivity (Wildman–Crippen MR) is 90.6 cm³/mol. The first-order chi connectivity index (χ1) is 11.8. The number of pyridine rings is 2. The summed E-state index contributed by atoms with van der Waals surface area (Å²) < 4.78 is 2.06. The van der Waals surface area contributed by atoms with Crippen LogP contribution >= 0.6 is 0 Å². The van der Waals surface area contributed by atoms with Crippen molar-refractivity contribution in [3.8, 4) is 6.07 Å². The Morgan fingerprint density at radius 3 is 3.08 bits per heavy atom. The molecule has 120 valence electrons. The van der Waals surface area contributed by atoms with Crippen molar-refractivity contribution in [1.82, 2.24) is 19.6 Å². The van der Waals surface area contributed by atoms with E-state index in [0.29, 0.717) is 11.5 Å². The Bertz CT molecular complexity index is 894. The third-order valence-electron chi connectivity index (χ3n) is 4.58. The highest BCUT2D eigenvalue weighted by atomic mass is 15.2. The molecule has 0 bridgehead atoms. The van der Waals surface area contributed by atoms with Gasteiger partial charge in [-0.15, -0.1) is 10.2 Å². The molecule has 6 nitrogen and oxygen atoms in total. The zero-order valence-corrected chi connectivity index (χ0v) is 13.3. The number of nitrogens with zero attached hydrogens (tertiary/aromatic N) is 6. The van der Waals surface area contributed by atoms with Gasteiger partial charge in [0.1, 0.15) is 17.7 Å². The number of hydrogen-bond donors (Lipinski definition) is 0. The maximum atomic E-state index is 9.30. The Balaban J connectivity index is 1.54. The van der Waals surface area contributed by atoms with Crippen LogP contribution in [-0.4, -0.2) is 32.7 Å². The number of hydrogen-bond acceptors (Lipinski definition) is 5. The predicted octanol–water partition coefficient (Wildman–Crippen LogP) is 2.46. The number of nitriles is 1. The molecule has 0 aliphatic carbocycles. The van der Waals surface area contributed by atoms with Gasteiger partial charge in [0.15, 0.2) is 5.65 Å². The van der Waals surface area contributed by atoms with E-state index >= 15 is 0 Å². The summed E-state index contributed by atoms with van der Waals surface area (Å²) in [7, 11) is 0. The molecule has 1 fully saturated rings. The molecule has 1 saturated heterocycles. The first-order valence-electron chi connectivity index (χ1n) is 8.24. The molecule has 6 heteroatoms. The first-order valence-corrected chi connectivity index (χ1v) is 8.24.